The molecule has 0 heterocycles. The maximum atomic E-state index is 5.17. The van der Waals surface area contributed by atoms with Crippen molar-refractivity contribution in [1.29, 1.82) is 0 Å². The molecule has 0 amide bonds. The van der Waals surface area contributed by atoms with Gasteiger partial charge >= 0.3 is 25.8 Å². The van der Waals surface area contributed by atoms with Crippen LogP contribution in [0.5, 0.6) is 0 Å². The molecule has 0 aliphatic carbocycles. The summed E-state index contributed by atoms with van der Waals surface area (Å²) >= 11 is 10.3. The van der Waals surface area contributed by atoms with Crippen molar-refractivity contribution in [2.24, 2.45) is 0 Å². The Hall–Kier alpha value is 1.45. The van der Waals surface area contributed by atoms with Crippen LogP contribution in [0.4, 0.5) is 0 Å². The fraction of sp³-hybridized carbons (Fsp3) is 0.667. The van der Waals surface area contributed by atoms with Crippen molar-refractivity contribution in [2.45, 2.75) is 11.8 Å². The summed E-state index contributed by atoms with van der Waals surface area (Å²) in [5.41, 5.74) is 0. The van der Waals surface area contributed by atoms with E-state index in [-0.39, 0.29) is 30.7 Å². The molecule has 0 aliphatic rings. The quantitative estimate of drug-likeness (QED) is 0.585. The second-order valence-electron chi connectivity index (χ2n) is 0.668. The summed E-state index contributed by atoms with van der Waals surface area (Å²) in [5.74, 6) is 0. The molecule has 0 aromatic rings. The summed E-state index contributed by atoms with van der Waals surface area (Å²) in [5, 5.41) is 0. The molecule has 6 heavy (non-hydrogen) atoms. The van der Waals surface area contributed by atoms with Crippen molar-refractivity contribution in [3.63, 3.8) is 0 Å². The minimum absolute atomic E-state index is 0. The summed E-state index contributed by atoms with van der Waals surface area (Å²) in [4.78, 5) is -0.296. The van der Waals surface area contributed by atoms with E-state index in [1.807, 2.05) is 6.92 Å². The molecule has 0 saturated carbocycles. The Kier molecular flexibility index (Phi) is 11.2. The number of rotatable bonds is 1. The van der Waals surface area contributed by atoms with Crippen LogP contribution in [0.2, 0.25) is 0 Å². The van der Waals surface area contributed by atoms with Gasteiger partial charge in [-0.2, -0.15) is 0 Å². The van der Waals surface area contributed by atoms with Crippen LogP contribution in [0.3, 0.4) is 0 Å². The van der Waals surface area contributed by atoms with Gasteiger partial charge in [0.05, 0.1) is 0 Å². The zero-order chi connectivity index (χ0) is 4.28. The van der Waals surface area contributed by atoms with Gasteiger partial charge in [0.1, 0.15) is 4.84 Å². The molecule has 0 aliphatic heterocycles. The molecule has 0 rings (SSSR count). The van der Waals surface area contributed by atoms with Gasteiger partial charge in [0.15, 0.2) is 0 Å². The van der Waals surface area contributed by atoms with E-state index < -0.39 is 0 Å². The van der Waals surface area contributed by atoms with Gasteiger partial charge < -0.3 is 0 Å². The molecular weight excluding hydrogens is 222 g/mol. The number of alkyl halides is 2. The van der Waals surface area contributed by atoms with Crippen molar-refractivity contribution in [3.05, 3.63) is 6.42 Å². The minimum atomic E-state index is -0.296. The SMILES string of the molecule is C[CH]C(Cl)Cl.[InH3]. The number of hydrogen-bond donors (Lipinski definition) is 0. The van der Waals surface area contributed by atoms with Crippen LogP contribution in [0, 0.1) is 6.42 Å². The van der Waals surface area contributed by atoms with Crippen LogP contribution in [-0.2, 0) is 0 Å². The fourth-order valence-corrected chi connectivity index (χ4v) is 0. The Morgan fingerprint density at radius 3 is 1.67 bits per heavy atom. The third-order valence-electron chi connectivity index (χ3n) is 0.252. The molecule has 0 fully saturated rings. The van der Waals surface area contributed by atoms with E-state index in [4.69, 9.17) is 23.2 Å². The van der Waals surface area contributed by atoms with E-state index in [2.05, 4.69) is 0 Å². The van der Waals surface area contributed by atoms with Crippen molar-refractivity contribution < 1.29 is 0 Å². The Balaban J connectivity index is 0. The van der Waals surface area contributed by atoms with Crippen LogP contribution in [0.1, 0.15) is 6.92 Å². The van der Waals surface area contributed by atoms with Gasteiger partial charge in [-0.05, 0) is 6.42 Å². The van der Waals surface area contributed by atoms with Gasteiger partial charge in [-0.25, -0.2) is 0 Å². The molecule has 0 atom stereocenters. The van der Waals surface area contributed by atoms with Crippen molar-refractivity contribution in [3.8, 4) is 0 Å². The first-order valence-electron chi connectivity index (χ1n) is 1.35. The standard InChI is InChI=1S/C3H5Cl2.In.3H/c1-2-3(4)5;;;;/h2-3H,1H3;;;;. The zero-order valence-corrected chi connectivity index (χ0v) is 4.42. The van der Waals surface area contributed by atoms with Crippen molar-refractivity contribution >= 4 is 49.0 Å². The third-order valence-corrected chi connectivity index (χ3v) is 0.756. The molecule has 0 saturated heterocycles. The first kappa shape index (κ1) is 10.4. The first-order valence-corrected chi connectivity index (χ1v) is 2.22. The van der Waals surface area contributed by atoms with E-state index in [9.17, 15) is 0 Å². The molecule has 0 aromatic heterocycles. The zero-order valence-electron chi connectivity index (χ0n) is 2.91. The average Bonchev–Trinajstić information content (AvgIpc) is 1.38. The second-order valence-corrected chi connectivity index (χ2v) is 1.83. The van der Waals surface area contributed by atoms with E-state index in [1.54, 1.807) is 6.42 Å². The van der Waals surface area contributed by atoms with Crippen molar-refractivity contribution in [2.75, 3.05) is 0 Å². The molecule has 3 heteroatoms. The van der Waals surface area contributed by atoms with Gasteiger partial charge in [0.2, 0.25) is 0 Å². The molecule has 0 nitrogen and oxygen atoms in total. The summed E-state index contributed by atoms with van der Waals surface area (Å²) in [6, 6.07) is 0. The van der Waals surface area contributed by atoms with E-state index in [0.717, 1.165) is 0 Å². The Morgan fingerprint density at radius 1 is 1.50 bits per heavy atom. The molecular formula is C3H8Cl2In. The van der Waals surface area contributed by atoms with E-state index in [1.165, 1.54) is 0 Å². The predicted octanol–water partition coefficient (Wildman–Crippen LogP) is 0.830. The molecule has 1 radical (unpaired) electrons. The summed E-state index contributed by atoms with van der Waals surface area (Å²) in [6.07, 6.45) is 1.70. The molecule has 0 bridgehead atoms. The normalized spacial score (nSPS) is 8.00. The molecule has 0 aromatic carbocycles. The van der Waals surface area contributed by atoms with Crippen LogP contribution in [0.25, 0.3) is 0 Å². The number of hydrogen-bond acceptors (Lipinski definition) is 0. The first-order chi connectivity index (χ1) is 2.27. The van der Waals surface area contributed by atoms with Gasteiger partial charge in [-0.15, -0.1) is 23.2 Å². The summed E-state index contributed by atoms with van der Waals surface area (Å²) < 4.78 is 0. The average molecular weight is 230 g/mol. The Bertz CT molecular complexity index is 22.8. The van der Waals surface area contributed by atoms with Gasteiger partial charge in [0.25, 0.3) is 0 Å². The van der Waals surface area contributed by atoms with Gasteiger partial charge in [0, 0.05) is 0 Å². The van der Waals surface area contributed by atoms with Crippen molar-refractivity contribution in [1.82, 2.24) is 0 Å². The second kappa shape index (κ2) is 6.45. The summed E-state index contributed by atoms with van der Waals surface area (Å²) in [7, 11) is 0. The predicted molar refractivity (Wildman–Crippen MR) is 35.4 cm³/mol. The van der Waals surface area contributed by atoms with Crippen LogP contribution < -0.4 is 0 Å². The van der Waals surface area contributed by atoms with E-state index >= 15 is 0 Å². The molecule has 0 N–H and O–H groups in total. The number of halogens is 2. The third kappa shape index (κ3) is 9.07. The van der Waals surface area contributed by atoms with Crippen LogP contribution in [-0.4, -0.2) is 30.7 Å². The Morgan fingerprint density at radius 2 is 1.67 bits per heavy atom. The fourth-order valence-electron chi connectivity index (χ4n) is 0. The monoisotopic (exact) mass is 229 g/mol. The van der Waals surface area contributed by atoms with Crippen LogP contribution in [0.15, 0.2) is 0 Å². The molecule has 0 spiro atoms. The summed E-state index contributed by atoms with van der Waals surface area (Å²) in [6.45, 7) is 1.81. The molecule has 37 valence electrons. The van der Waals surface area contributed by atoms with Gasteiger partial charge in [-0.1, -0.05) is 6.92 Å². The Labute approximate surface area is 67.0 Å². The van der Waals surface area contributed by atoms with Gasteiger partial charge in [-0.3, -0.25) is 0 Å². The van der Waals surface area contributed by atoms with Crippen LogP contribution >= 0.6 is 23.2 Å². The molecule has 0 unspecified atom stereocenters. The maximum absolute atomic E-state index is 5.17. The van der Waals surface area contributed by atoms with E-state index in [0.29, 0.717) is 0 Å². The topological polar surface area (TPSA) is 0 Å².